The first-order chi connectivity index (χ1) is 9.97. The SMILES string of the molecule is COC(=O)C(NCC(=O)N(CCC#N)CCC#N)C(C)C. The third kappa shape index (κ3) is 7.28. The fourth-order valence-electron chi connectivity index (χ4n) is 1.76. The van der Waals surface area contributed by atoms with Gasteiger partial charge in [0.15, 0.2) is 0 Å². The van der Waals surface area contributed by atoms with Gasteiger partial charge in [-0.25, -0.2) is 0 Å². The molecule has 0 rings (SSSR count). The van der Waals surface area contributed by atoms with Gasteiger partial charge in [0.1, 0.15) is 6.04 Å². The van der Waals surface area contributed by atoms with Crippen LogP contribution < -0.4 is 5.32 Å². The molecule has 116 valence electrons. The van der Waals surface area contributed by atoms with E-state index in [0.717, 1.165) is 0 Å². The second-order valence-electron chi connectivity index (χ2n) is 4.82. The quantitative estimate of drug-likeness (QED) is 0.618. The fourth-order valence-corrected chi connectivity index (χ4v) is 1.76. The first-order valence-corrected chi connectivity index (χ1v) is 6.80. The molecule has 0 aliphatic rings. The van der Waals surface area contributed by atoms with Crippen LogP contribution in [-0.2, 0) is 14.3 Å². The Bertz CT molecular complexity index is 405. The first-order valence-electron chi connectivity index (χ1n) is 6.80. The van der Waals surface area contributed by atoms with E-state index in [4.69, 9.17) is 10.5 Å². The molecule has 0 heterocycles. The molecule has 0 bridgehead atoms. The van der Waals surface area contributed by atoms with Crippen molar-refractivity contribution in [2.45, 2.75) is 32.7 Å². The van der Waals surface area contributed by atoms with Crippen molar-refractivity contribution >= 4 is 11.9 Å². The third-order valence-corrected chi connectivity index (χ3v) is 2.93. The summed E-state index contributed by atoms with van der Waals surface area (Å²) in [4.78, 5) is 25.1. The highest BCUT2D eigenvalue weighted by atomic mass is 16.5. The molecule has 1 amide bonds. The highest BCUT2D eigenvalue weighted by Gasteiger charge is 2.24. The van der Waals surface area contributed by atoms with Crippen LogP contribution in [0.4, 0.5) is 0 Å². The van der Waals surface area contributed by atoms with E-state index in [9.17, 15) is 9.59 Å². The lowest BCUT2D eigenvalue weighted by atomic mass is 10.0. The third-order valence-electron chi connectivity index (χ3n) is 2.93. The van der Waals surface area contributed by atoms with E-state index in [0.29, 0.717) is 0 Å². The maximum absolute atomic E-state index is 12.1. The predicted octanol–water partition coefficient (Wildman–Crippen LogP) is 0.430. The monoisotopic (exact) mass is 294 g/mol. The summed E-state index contributed by atoms with van der Waals surface area (Å²) in [6, 6.07) is 3.37. The van der Waals surface area contributed by atoms with Crippen molar-refractivity contribution in [3.05, 3.63) is 0 Å². The van der Waals surface area contributed by atoms with Gasteiger partial charge in [-0.05, 0) is 5.92 Å². The number of nitriles is 2. The highest BCUT2D eigenvalue weighted by Crippen LogP contribution is 2.04. The standard InChI is InChI=1S/C14H22N4O3/c1-11(2)13(14(20)21-3)17-10-12(19)18(8-4-6-15)9-5-7-16/h11,13,17H,4-5,8-10H2,1-3H3. The molecule has 0 aromatic heterocycles. The van der Waals surface area contributed by atoms with Gasteiger partial charge in [-0.3, -0.25) is 14.9 Å². The summed E-state index contributed by atoms with van der Waals surface area (Å²) in [5.41, 5.74) is 0. The molecule has 0 aromatic carbocycles. The van der Waals surface area contributed by atoms with Crippen molar-refractivity contribution in [2.24, 2.45) is 5.92 Å². The molecule has 7 nitrogen and oxygen atoms in total. The zero-order valence-electron chi connectivity index (χ0n) is 12.8. The van der Waals surface area contributed by atoms with Gasteiger partial charge in [0, 0.05) is 13.1 Å². The molecular weight excluding hydrogens is 272 g/mol. The summed E-state index contributed by atoms with van der Waals surface area (Å²) in [5.74, 6) is -0.676. The summed E-state index contributed by atoms with van der Waals surface area (Å²) < 4.78 is 4.68. The Kier molecular flexibility index (Phi) is 9.57. The number of nitrogens with one attached hydrogen (secondary N) is 1. The van der Waals surface area contributed by atoms with E-state index < -0.39 is 12.0 Å². The van der Waals surface area contributed by atoms with E-state index >= 15 is 0 Å². The van der Waals surface area contributed by atoms with Crippen LogP contribution >= 0.6 is 0 Å². The number of carbonyl (C=O) groups is 2. The molecule has 0 fully saturated rings. The number of methoxy groups -OCH3 is 1. The van der Waals surface area contributed by atoms with Crippen molar-refractivity contribution in [3.8, 4) is 12.1 Å². The summed E-state index contributed by atoms with van der Waals surface area (Å²) in [5, 5.41) is 20.0. The Hall–Kier alpha value is -2.12. The van der Waals surface area contributed by atoms with Crippen molar-refractivity contribution in [1.29, 1.82) is 10.5 Å². The second kappa shape index (κ2) is 10.6. The summed E-state index contributed by atoms with van der Waals surface area (Å²) in [6.45, 7) is 4.23. The molecule has 0 spiro atoms. The maximum Gasteiger partial charge on any atom is 0.323 e. The van der Waals surface area contributed by atoms with Gasteiger partial charge in [0.2, 0.25) is 5.91 Å². The average Bonchev–Trinajstić information content (AvgIpc) is 2.46. The van der Waals surface area contributed by atoms with Crippen molar-refractivity contribution in [1.82, 2.24) is 10.2 Å². The largest absolute Gasteiger partial charge is 0.468 e. The zero-order chi connectivity index (χ0) is 16.3. The van der Waals surface area contributed by atoms with Gasteiger partial charge in [-0.1, -0.05) is 13.8 Å². The molecule has 1 unspecified atom stereocenters. The Morgan fingerprint density at radius 2 is 1.71 bits per heavy atom. The molecule has 0 saturated carbocycles. The van der Waals surface area contributed by atoms with Crippen molar-refractivity contribution in [3.63, 3.8) is 0 Å². The molecule has 1 N–H and O–H groups in total. The number of hydrogen-bond donors (Lipinski definition) is 1. The minimum Gasteiger partial charge on any atom is -0.468 e. The normalized spacial score (nSPS) is 11.3. The van der Waals surface area contributed by atoms with Gasteiger partial charge in [-0.15, -0.1) is 0 Å². The van der Waals surface area contributed by atoms with Crippen molar-refractivity contribution in [2.75, 3.05) is 26.7 Å². The van der Waals surface area contributed by atoms with E-state index in [-0.39, 0.29) is 44.3 Å². The van der Waals surface area contributed by atoms with Crippen LogP contribution in [0, 0.1) is 28.6 Å². The maximum atomic E-state index is 12.1. The van der Waals surface area contributed by atoms with Crippen LogP contribution in [0.5, 0.6) is 0 Å². The van der Waals surface area contributed by atoms with Crippen LogP contribution in [0.2, 0.25) is 0 Å². The number of hydrogen-bond acceptors (Lipinski definition) is 6. The van der Waals surface area contributed by atoms with E-state index in [1.807, 2.05) is 26.0 Å². The summed E-state index contributed by atoms with van der Waals surface area (Å²) >= 11 is 0. The van der Waals surface area contributed by atoms with Crippen LogP contribution in [0.15, 0.2) is 0 Å². The smallest absolute Gasteiger partial charge is 0.323 e. The Morgan fingerprint density at radius 3 is 2.10 bits per heavy atom. The number of ether oxygens (including phenoxy) is 1. The molecule has 0 radical (unpaired) electrons. The topological polar surface area (TPSA) is 106 Å². The number of amides is 1. The number of rotatable bonds is 9. The van der Waals surface area contributed by atoms with Gasteiger partial charge >= 0.3 is 5.97 Å². The van der Waals surface area contributed by atoms with Gasteiger partial charge in [0.05, 0.1) is 38.6 Å². The summed E-state index contributed by atoms with van der Waals surface area (Å²) in [6.07, 6.45) is 0.420. The van der Waals surface area contributed by atoms with Gasteiger partial charge in [0.25, 0.3) is 0 Å². The molecule has 7 heteroatoms. The lowest BCUT2D eigenvalue weighted by Gasteiger charge is -2.24. The van der Waals surface area contributed by atoms with E-state index in [2.05, 4.69) is 10.1 Å². The minimum absolute atomic E-state index is 0.0167. The molecule has 1 atom stereocenters. The molecule has 0 aliphatic carbocycles. The first kappa shape index (κ1) is 18.9. The molecule has 21 heavy (non-hydrogen) atoms. The Morgan fingerprint density at radius 1 is 1.19 bits per heavy atom. The molecule has 0 saturated heterocycles. The zero-order valence-corrected chi connectivity index (χ0v) is 12.8. The van der Waals surface area contributed by atoms with Gasteiger partial charge in [-0.2, -0.15) is 10.5 Å². The highest BCUT2D eigenvalue weighted by molar-refractivity contribution is 5.80. The molecule has 0 aromatic rings. The van der Waals surface area contributed by atoms with Crippen LogP contribution in [0.3, 0.4) is 0 Å². The van der Waals surface area contributed by atoms with Crippen LogP contribution in [0.1, 0.15) is 26.7 Å². The number of nitrogens with zero attached hydrogens (tertiary/aromatic N) is 3. The second-order valence-corrected chi connectivity index (χ2v) is 4.82. The van der Waals surface area contributed by atoms with E-state index in [1.165, 1.54) is 12.0 Å². The van der Waals surface area contributed by atoms with Gasteiger partial charge < -0.3 is 9.64 Å². The van der Waals surface area contributed by atoms with Crippen LogP contribution in [-0.4, -0.2) is 49.6 Å². The van der Waals surface area contributed by atoms with Crippen LogP contribution in [0.25, 0.3) is 0 Å². The summed E-state index contributed by atoms with van der Waals surface area (Å²) in [7, 11) is 1.30. The number of carbonyl (C=O) groups excluding carboxylic acids is 2. The van der Waals surface area contributed by atoms with Crippen molar-refractivity contribution < 1.29 is 14.3 Å². The van der Waals surface area contributed by atoms with E-state index in [1.54, 1.807) is 0 Å². The Balaban J connectivity index is 4.55. The lowest BCUT2D eigenvalue weighted by Crippen LogP contribution is -2.47. The fraction of sp³-hybridized carbons (Fsp3) is 0.714. The Labute approximate surface area is 125 Å². The number of esters is 1. The lowest BCUT2D eigenvalue weighted by molar-refractivity contribution is -0.144. The molecule has 0 aliphatic heterocycles. The molecular formula is C14H22N4O3. The minimum atomic E-state index is -0.562. The average molecular weight is 294 g/mol. The predicted molar refractivity (Wildman–Crippen MR) is 75.7 cm³/mol.